The summed E-state index contributed by atoms with van der Waals surface area (Å²) in [5.41, 5.74) is 1.67. The lowest BCUT2D eigenvalue weighted by atomic mass is 10.00. The van der Waals surface area contributed by atoms with Crippen LogP contribution in [-0.2, 0) is 6.54 Å². The number of nitrogens with zero attached hydrogens (tertiary/aromatic N) is 4. The van der Waals surface area contributed by atoms with Gasteiger partial charge in [0.2, 0.25) is 5.28 Å². The lowest BCUT2D eigenvalue weighted by molar-refractivity contribution is 0.0989. The zero-order chi connectivity index (χ0) is 20.6. The van der Waals surface area contributed by atoms with Crippen LogP contribution in [0.15, 0.2) is 42.7 Å². The molecule has 1 aromatic heterocycles. The van der Waals surface area contributed by atoms with Gasteiger partial charge >= 0.3 is 6.03 Å². The van der Waals surface area contributed by atoms with Crippen LogP contribution >= 0.6 is 11.6 Å². The van der Waals surface area contributed by atoms with E-state index in [1.165, 1.54) is 25.2 Å². The summed E-state index contributed by atoms with van der Waals surface area (Å²) in [5.74, 6) is 0. The molecule has 7 heteroatoms. The summed E-state index contributed by atoms with van der Waals surface area (Å²) in [6.07, 6.45) is 7.44. The number of aromatic nitrogens is 2. The Morgan fingerprint density at radius 1 is 1.24 bits per heavy atom. The fourth-order valence-electron chi connectivity index (χ4n) is 3.96. The highest BCUT2D eigenvalue weighted by molar-refractivity contribution is 6.28. The number of urea groups is 1. The molecule has 0 saturated carbocycles. The number of carbonyl (C=O) groups is 1. The van der Waals surface area contributed by atoms with E-state index in [-0.39, 0.29) is 17.4 Å². The molecular formula is C22H30ClN5O. The van der Waals surface area contributed by atoms with Crippen LogP contribution in [-0.4, -0.2) is 51.0 Å². The van der Waals surface area contributed by atoms with Crippen LogP contribution in [0, 0.1) is 0 Å². The van der Waals surface area contributed by atoms with Crippen LogP contribution in [0.25, 0.3) is 0 Å². The third-order valence-corrected chi connectivity index (χ3v) is 5.79. The monoisotopic (exact) mass is 415 g/mol. The highest BCUT2D eigenvalue weighted by Gasteiger charge is 2.29. The van der Waals surface area contributed by atoms with Crippen LogP contribution in [0.3, 0.4) is 0 Å². The van der Waals surface area contributed by atoms with Crippen molar-refractivity contribution in [2.45, 2.75) is 58.2 Å². The van der Waals surface area contributed by atoms with E-state index in [1.807, 2.05) is 23.1 Å². The number of carbonyl (C=O) groups excluding carboxylic acids is 1. The second kappa shape index (κ2) is 10.6. The minimum Gasteiger partial charge on any atom is -0.317 e. The molecule has 0 aliphatic carbocycles. The maximum Gasteiger partial charge on any atom is 0.322 e. The molecule has 2 heterocycles. The smallest absolute Gasteiger partial charge is 0.317 e. The van der Waals surface area contributed by atoms with E-state index < -0.39 is 0 Å². The van der Waals surface area contributed by atoms with E-state index >= 15 is 0 Å². The number of amides is 2. The highest BCUT2D eigenvalue weighted by Crippen LogP contribution is 2.23. The summed E-state index contributed by atoms with van der Waals surface area (Å²) < 4.78 is 0. The number of piperidine rings is 1. The molecule has 1 saturated heterocycles. The maximum absolute atomic E-state index is 13.1. The van der Waals surface area contributed by atoms with Gasteiger partial charge in [-0.3, -0.25) is 0 Å². The van der Waals surface area contributed by atoms with Gasteiger partial charge in [-0.2, -0.15) is 0 Å². The Kier molecular flexibility index (Phi) is 7.83. The Morgan fingerprint density at radius 2 is 1.90 bits per heavy atom. The Labute approximate surface area is 178 Å². The number of anilines is 1. The molecule has 0 spiro atoms. The summed E-state index contributed by atoms with van der Waals surface area (Å²) in [7, 11) is 0. The fraction of sp³-hybridized carbons (Fsp3) is 0.500. The summed E-state index contributed by atoms with van der Waals surface area (Å²) in [6.45, 7) is 7.16. The fourth-order valence-corrected chi connectivity index (χ4v) is 4.06. The molecular weight excluding hydrogens is 386 g/mol. The Morgan fingerprint density at radius 3 is 2.52 bits per heavy atom. The highest BCUT2D eigenvalue weighted by atomic mass is 35.5. The summed E-state index contributed by atoms with van der Waals surface area (Å²) in [6, 6.07) is 10.8. The number of rotatable bonds is 7. The van der Waals surface area contributed by atoms with E-state index in [9.17, 15) is 4.79 Å². The third kappa shape index (κ3) is 6.15. The molecule has 156 valence electrons. The van der Waals surface area contributed by atoms with E-state index in [2.05, 4.69) is 46.2 Å². The first-order valence-electron chi connectivity index (χ1n) is 10.4. The molecule has 0 radical (unpaired) electrons. The predicted octanol–water partition coefficient (Wildman–Crippen LogP) is 4.82. The molecule has 2 amide bonds. The first kappa shape index (κ1) is 21.5. The van der Waals surface area contributed by atoms with Gasteiger partial charge in [0.05, 0.1) is 18.1 Å². The number of nitrogens with one attached hydrogen (secondary N) is 1. The van der Waals surface area contributed by atoms with Crippen molar-refractivity contribution in [1.82, 2.24) is 19.8 Å². The van der Waals surface area contributed by atoms with E-state index in [4.69, 9.17) is 11.6 Å². The lowest BCUT2D eigenvalue weighted by Crippen LogP contribution is -2.50. The van der Waals surface area contributed by atoms with Gasteiger partial charge in [0.15, 0.2) is 0 Å². The topological polar surface area (TPSA) is 61.4 Å². The van der Waals surface area contributed by atoms with Crippen molar-refractivity contribution >= 4 is 23.3 Å². The van der Waals surface area contributed by atoms with Crippen LogP contribution in [0.1, 0.15) is 45.1 Å². The Hall–Kier alpha value is -2.18. The van der Waals surface area contributed by atoms with Gasteiger partial charge in [0, 0.05) is 31.7 Å². The summed E-state index contributed by atoms with van der Waals surface area (Å²) in [5, 5.41) is 3.10. The van der Waals surface area contributed by atoms with Crippen LogP contribution in [0.2, 0.25) is 5.28 Å². The zero-order valence-electron chi connectivity index (χ0n) is 17.2. The van der Waals surface area contributed by atoms with Gasteiger partial charge in [-0.25, -0.2) is 14.8 Å². The summed E-state index contributed by atoms with van der Waals surface area (Å²) in [4.78, 5) is 25.5. The predicted molar refractivity (Wildman–Crippen MR) is 117 cm³/mol. The second-order valence-corrected chi connectivity index (χ2v) is 8.03. The maximum atomic E-state index is 13.1. The average molecular weight is 416 g/mol. The van der Waals surface area contributed by atoms with Crippen molar-refractivity contribution in [2.75, 3.05) is 18.4 Å². The van der Waals surface area contributed by atoms with Crippen molar-refractivity contribution in [1.29, 1.82) is 0 Å². The minimum atomic E-state index is -0.125. The Bertz CT molecular complexity index is 763. The number of likely N-dealkylation sites (tertiary alicyclic amines) is 1. The van der Waals surface area contributed by atoms with Crippen LogP contribution in [0.4, 0.5) is 10.5 Å². The van der Waals surface area contributed by atoms with E-state index in [0.29, 0.717) is 18.3 Å². The molecule has 1 unspecified atom stereocenters. The molecule has 0 bridgehead atoms. The zero-order valence-corrected chi connectivity index (χ0v) is 18.0. The molecule has 1 atom stereocenters. The molecule has 3 rings (SSSR count). The molecule has 1 N–H and O–H groups in total. The van der Waals surface area contributed by atoms with Crippen LogP contribution in [0.5, 0.6) is 0 Å². The molecule has 1 fully saturated rings. The van der Waals surface area contributed by atoms with Gasteiger partial charge in [-0.1, -0.05) is 43.7 Å². The largest absolute Gasteiger partial charge is 0.322 e. The standard InChI is InChI=1S/C22H30ClN5O/c1-3-7-17(2)27-12-10-20(11-13-27)28(16-18-8-5-4-6-9-18)22(29)26-19-14-24-21(23)25-15-19/h4-6,8-9,14-15,17,20H,3,7,10-13,16H2,1-2H3,(H,26,29). The van der Waals surface area contributed by atoms with Gasteiger partial charge in [0.25, 0.3) is 0 Å². The van der Waals surface area contributed by atoms with Crippen molar-refractivity contribution in [3.63, 3.8) is 0 Å². The van der Waals surface area contributed by atoms with E-state index in [1.54, 1.807) is 0 Å². The van der Waals surface area contributed by atoms with Gasteiger partial charge in [-0.15, -0.1) is 0 Å². The quantitative estimate of drug-likeness (QED) is 0.658. The molecule has 1 aliphatic rings. The first-order chi connectivity index (χ1) is 14.1. The number of halogens is 1. The molecule has 1 aliphatic heterocycles. The number of hydrogen-bond acceptors (Lipinski definition) is 4. The molecule has 29 heavy (non-hydrogen) atoms. The average Bonchev–Trinajstić information content (AvgIpc) is 2.74. The molecule has 6 nitrogen and oxygen atoms in total. The minimum absolute atomic E-state index is 0.125. The SMILES string of the molecule is CCCC(C)N1CCC(N(Cc2ccccc2)C(=O)Nc2cnc(Cl)nc2)CC1. The normalized spacial score (nSPS) is 16.4. The number of benzene rings is 1. The second-order valence-electron chi connectivity index (χ2n) is 7.69. The first-order valence-corrected chi connectivity index (χ1v) is 10.8. The van der Waals surface area contributed by atoms with Gasteiger partial charge < -0.3 is 15.1 Å². The van der Waals surface area contributed by atoms with E-state index in [0.717, 1.165) is 31.5 Å². The molecule has 1 aromatic carbocycles. The van der Waals surface area contributed by atoms with Crippen molar-refractivity contribution in [3.8, 4) is 0 Å². The van der Waals surface area contributed by atoms with Gasteiger partial charge in [0.1, 0.15) is 0 Å². The van der Waals surface area contributed by atoms with Gasteiger partial charge in [-0.05, 0) is 43.4 Å². The number of hydrogen-bond donors (Lipinski definition) is 1. The lowest BCUT2D eigenvalue weighted by Gasteiger charge is -2.40. The summed E-state index contributed by atoms with van der Waals surface area (Å²) >= 11 is 5.75. The van der Waals surface area contributed by atoms with Crippen molar-refractivity contribution in [2.24, 2.45) is 0 Å². The van der Waals surface area contributed by atoms with Crippen molar-refractivity contribution in [3.05, 3.63) is 53.6 Å². The third-order valence-electron chi connectivity index (χ3n) is 5.60. The Balaban J connectivity index is 1.69. The van der Waals surface area contributed by atoms with Crippen LogP contribution < -0.4 is 5.32 Å². The van der Waals surface area contributed by atoms with Crippen molar-refractivity contribution < 1.29 is 4.79 Å². The molecule has 2 aromatic rings.